The highest BCUT2D eigenvalue weighted by Gasteiger charge is 2.13. The SMILES string of the molecule is Cc1ccccc1-c1cnc(NC(=O)CCc2nc(-c3cccnc3)no2)s1. The number of pyridine rings is 1. The zero-order valence-electron chi connectivity index (χ0n) is 15.1. The maximum atomic E-state index is 12.2. The smallest absolute Gasteiger partial charge is 0.227 e. The Hall–Kier alpha value is -3.39. The van der Waals surface area contributed by atoms with E-state index >= 15 is 0 Å². The third-order valence-electron chi connectivity index (χ3n) is 4.12. The van der Waals surface area contributed by atoms with Gasteiger partial charge in [0.05, 0.1) is 4.88 Å². The fraction of sp³-hybridized carbons (Fsp3) is 0.150. The first-order valence-electron chi connectivity index (χ1n) is 8.74. The summed E-state index contributed by atoms with van der Waals surface area (Å²) in [6.07, 6.45) is 5.71. The van der Waals surface area contributed by atoms with Crippen LogP contribution < -0.4 is 5.32 Å². The number of carbonyl (C=O) groups is 1. The lowest BCUT2D eigenvalue weighted by molar-refractivity contribution is -0.116. The van der Waals surface area contributed by atoms with E-state index in [4.69, 9.17) is 4.52 Å². The molecule has 0 aliphatic heterocycles. The first-order chi connectivity index (χ1) is 13.7. The minimum Gasteiger partial charge on any atom is -0.339 e. The molecular weight excluding hydrogens is 374 g/mol. The Morgan fingerprint density at radius 3 is 2.89 bits per heavy atom. The number of rotatable bonds is 6. The van der Waals surface area contributed by atoms with E-state index in [1.807, 2.05) is 24.3 Å². The van der Waals surface area contributed by atoms with Gasteiger partial charge in [-0.25, -0.2) is 4.98 Å². The second-order valence-corrected chi connectivity index (χ2v) is 7.18. The van der Waals surface area contributed by atoms with Crippen molar-refractivity contribution in [3.63, 3.8) is 0 Å². The molecule has 0 unspecified atom stereocenters. The topological polar surface area (TPSA) is 93.8 Å². The summed E-state index contributed by atoms with van der Waals surface area (Å²) < 4.78 is 5.21. The third kappa shape index (κ3) is 4.12. The van der Waals surface area contributed by atoms with E-state index < -0.39 is 0 Å². The summed E-state index contributed by atoms with van der Waals surface area (Å²) in [5.74, 6) is 0.729. The van der Waals surface area contributed by atoms with Crippen molar-refractivity contribution in [3.8, 4) is 21.8 Å². The quantitative estimate of drug-likeness (QED) is 0.531. The summed E-state index contributed by atoms with van der Waals surface area (Å²) in [4.78, 5) is 25.9. The Balaban J connectivity index is 1.34. The molecule has 0 fully saturated rings. The van der Waals surface area contributed by atoms with E-state index in [0.717, 1.165) is 16.0 Å². The number of amides is 1. The summed E-state index contributed by atoms with van der Waals surface area (Å²) in [6, 6.07) is 11.7. The molecule has 140 valence electrons. The molecule has 0 spiro atoms. The maximum Gasteiger partial charge on any atom is 0.227 e. The van der Waals surface area contributed by atoms with Gasteiger partial charge in [0, 0.05) is 37.0 Å². The van der Waals surface area contributed by atoms with Gasteiger partial charge in [-0.3, -0.25) is 9.78 Å². The predicted molar refractivity (Wildman–Crippen MR) is 107 cm³/mol. The number of carbonyl (C=O) groups excluding carboxylic acids is 1. The number of hydrogen-bond donors (Lipinski definition) is 1. The molecule has 8 heteroatoms. The second-order valence-electron chi connectivity index (χ2n) is 6.15. The molecule has 0 saturated carbocycles. The van der Waals surface area contributed by atoms with Crippen molar-refractivity contribution in [2.24, 2.45) is 0 Å². The van der Waals surface area contributed by atoms with Crippen molar-refractivity contribution >= 4 is 22.4 Å². The van der Waals surface area contributed by atoms with Gasteiger partial charge in [0.1, 0.15) is 0 Å². The van der Waals surface area contributed by atoms with Gasteiger partial charge >= 0.3 is 0 Å². The molecule has 1 N–H and O–H groups in total. The molecule has 0 aliphatic rings. The minimum absolute atomic E-state index is 0.146. The Kier molecular flexibility index (Phi) is 5.20. The monoisotopic (exact) mass is 391 g/mol. The highest BCUT2D eigenvalue weighted by atomic mass is 32.1. The summed E-state index contributed by atoms with van der Waals surface area (Å²) in [7, 11) is 0. The van der Waals surface area contributed by atoms with Crippen LogP contribution in [0.4, 0.5) is 5.13 Å². The van der Waals surface area contributed by atoms with Crippen molar-refractivity contribution < 1.29 is 9.32 Å². The average Bonchev–Trinajstić information content (AvgIpc) is 3.37. The molecule has 0 atom stereocenters. The fourth-order valence-corrected chi connectivity index (χ4v) is 3.60. The van der Waals surface area contributed by atoms with E-state index in [-0.39, 0.29) is 12.3 Å². The van der Waals surface area contributed by atoms with E-state index in [1.54, 1.807) is 24.7 Å². The first kappa shape index (κ1) is 18.0. The van der Waals surface area contributed by atoms with Crippen molar-refractivity contribution in [1.82, 2.24) is 20.1 Å². The molecule has 4 aromatic rings. The van der Waals surface area contributed by atoms with Crippen LogP contribution in [-0.4, -0.2) is 26.0 Å². The molecule has 3 heterocycles. The van der Waals surface area contributed by atoms with Crippen LogP contribution in [0, 0.1) is 6.92 Å². The van der Waals surface area contributed by atoms with Crippen LogP contribution in [-0.2, 0) is 11.2 Å². The predicted octanol–water partition coefficient (Wildman–Crippen LogP) is 4.13. The number of nitrogens with zero attached hydrogens (tertiary/aromatic N) is 4. The molecule has 0 saturated heterocycles. The Labute approximate surface area is 165 Å². The van der Waals surface area contributed by atoms with Gasteiger partial charge in [0.15, 0.2) is 5.13 Å². The molecular formula is C20H17N5O2S. The third-order valence-corrected chi connectivity index (χ3v) is 5.06. The van der Waals surface area contributed by atoms with Crippen molar-refractivity contribution in [1.29, 1.82) is 0 Å². The minimum atomic E-state index is -0.146. The zero-order chi connectivity index (χ0) is 19.3. The van der Waals surface area contributed by atoms with E-state index in [9.17, 15) is 4.79 Å². The van der Waals surface area contributed by atoms with Gasteiger partial charge < -0.3 is 9.84 Å². The normalized spacial score (nSPS) is 10.8. The van der Waals surface area contributed by atoms with Gasteiger partial charge in [-0.2, -0.15) is 4.98 Å². The van der Waals surface area contributed by atoms with Gasteiger partial charge in [-0.05, 0) is 30.2 Å². The summed E-state index contributed by atoms with van der Waals surface area (Å²) in [5, 5.41) is 7.33. The molecule has 4 rings (SSSR count). The number of thiazole rings is 1. The van der Waals surface area contributed by atoms with E-state index in [2.05, 4.69) is 38.4 Å². The summed E-state index contributed by atoms with van der Waals surface area (Å²) in [6.45, 7) is 2.05. The van der Waals surface area contributed by atoms with Crippen molar-refractivity contribution in [3.05, 3.63) is 66.4 Å². The molecule has 7 nitrogen and oxygen atoms in total. The molecule has 0 aliphatic carbocycles. The highest BCUT2D eigenvalue weighted by Crippen LogP contribution is 2.31. The molecule has 3 aromatic heterocycles. The molecule has 0 bridgehead atoms. The zero-order valence-corrected chi connectivity index (χ0v) is 15.9. The second kappa shape index (κ2) is 8.10. The van der Waals surface area contributed by atoms with Crippen LogP contribution in [0.25, 0.3) is 21.8 Å². The first-order valence-corrected chi connectivity index (χ1v) is 9.55. The lowest BCUT2D eigenvalue weighted by Gasteiger charge is -2.01. The van der Waals surface area contributed by atoms with Gasteiger partial charge in [-0.15, -0.1) is 0 Å². The summed E-state index contributed by atoms with van der Waals surface area (Å²) in [5.41, 5.74) is 3.06. The Morgan fingerprint density at radius 1 is 1.18 bits per heavy atom. The lowest BCUT2D eigenvalue weighted by atomic mass is 10.1. The number of aryl methyl sites for hydroxylation is 2. The van der Waals surface area contributed by atoms with E-state index in [0.29, 0.717) is 23.3 Å². The van der Waals surface area contributed by atoms with Gasteiger partial charge in [0.25, 0.3) is 0 Å². The number of anilines is 1. The highest BCUT2D eigenvalue weighted by molar-refractivity contribution is 7.19. The van der Waals surface area contributed by atoms with Crippen LogP contribution >= 0.6 is 11.3 Å². The van der Waals surface area contributed by atoms with Crippen LogP contribution in [0.3, 0.4) is 0 Å². The Morgan fingerprint density at radius 2 is 2.07 bits per heavy atom. The number of nitrogens with one attached hydrogen (secondary N) is 1. The fourth-order valence-electron chi connectivity index (χ4n) is 2.68. The largest absolute Gasteiger partial charge is 0.339 e. The summed E-state index contributed by atoms with van der Waals surface area (Å²) >= 11 is 1.45. The van der Waals surface area contributed by atoms with Crippen LogP contribution in [0.15, 0.2) is 59.5 Å². The van der Waals surface area contributed by atoms with Crippen molar-refractivity contribution in [2.75, 3.05) is 5.32 Å². The molecule has 28 heavy (non-hydrogen) atoms. The van der Waals surface area contributed by atoms with Crippen LogP contribution in [0.2, 0.25) is 0 Å². The number of hydrogen-bond acceptors (Lipinski definition) is 7. The number of aromatic nitrogens is 4. The average molecular weight is 391 g/mol. The molecule has 1 aromatic carbocycles. The van der Waals surface area contributed by atoms with Crippen molar-refractivity contribution in [2.45, 2.75) is 19.8 Å². The van der Waals surface area contributed by atoms with Crippen LogP contribution in [0.1, 0.15) is 17.9 Å². The number of benzene rings is 1. The maximum absolute atomic E-state index is 12.2. The Bertz CT molecular complexity index is 1090. The molecule has 1 amide bonds. The van der Waals surface area contributed by atoms with Gasteiger partial charge in [-0.1, -0.05) is 40.8 Å². The lowest BCUT2D eigenvalue weighted by Crippen LogP contribution is -2.12. The molecule has 0 radical (unpaired) electrons. The standard InChI is InChI=1S/C20H17N5O2S/c1-13-5-2-3-7-15(13)16-12-22-20(28-16)23-17(26)8-9-18-24-19(25-27-18)14-6-4-10-21-11-14/h2-7,10-12H,8-9H2,1H3,(H,22,23,26). The van der Waals surface area contributed by atoms with Gasteiger partial charge in [0.2, 0.25) is 17.6 Å². The van der Waals surface area contributed by atoms with E-state index in [1.165, 1.54) is 16.9 Å². The van der Waals surface area contributed by atoms with Crippen LogP contribution in [0.5, 0.6) is 0 Å².